The van der Waals surface area contributed by atoms with E-state index in [2.05, 4.69) is 26.1 Å². The molecule has 0 aromatic rings. The Hall–Kier alpha value is -0.650. The fourth-order valence-corrected chi connectivity index (χ4v) is 4.02. The molecule has 0 radical (unpaired) electrons. The number of nitrogens with one attached hydrogen (secondary N) is 1. The number of ether oxygens (including phenoxy) is 1. The van der Waals surface area contributed by atoms with Crippen LogP contribution in [0, 0.1) is 17.8 Å². The molecule has 2 aliphatic carbocycles. The van der Waals surface area contributed by atoms with E-state index >= 15 is 0 Å². The van der Waals surface area contributed by atoms with Crippen LogP contribution in [0.3, 0.4) is 0 Å². The van der Waals surface area contributed by atoms with E-state index in [1.807, 2.05) is 0 Å². The Morgan fingerprint density at radius 2 is 1.87 bits per heavy atom. The predicted molar refractivity (Wildman–Crippen MR) is 88.9 cm³/mol. The molecule has 1 amide bonds. The first-order chi connectivity index (χ1) is 10.9. The highest BCUT2D eigenvalue weighted by molar-refractivity contribution is 5.77. The summed E-state index contributed by atoms with van der Waals surface area (Å²) in [5.74, 6) is 1.66. The second kappa shape index (κ2) is 8.45. The summed E-state index contributed by atoms with van der Waals surface area (Å²) in [5.41, 5.74) is 0. The second-order valence-corrected chi connectivity index (χ2v) is 7.89. The molecular weight excluding hydrogens is 294 g/mol. The first-order valence-corrected chi connectivity index (χ1v) is 9.14. The fraction of sp³-hybridized carbons (Fsp3) is 0.944. The van der Waals surface area contributed by atoms with Gasteiger partial charge in [-0.05, 0) is 49.9 Å². The average molecular weight is 327 g/mol. The molecule has 2 aliphatic rings. The maximum absolute atomic E-state index is 12.1. The van der Waals surface area contributed by atoms with E-state index in [0.29, 0.717) is 37.0 Å². The molecule has 5 nitrogen and oxygen atoms in total. The van der Waals surface area contributed by atoms with Gasteiger partial charge >= 0.3 is 0 Å². The molecule has 23 heavy (non-hydrogen) atoms. The van der Waals surface area contributed by atoms with E-state index < -0.39 is 12.2 Å². The molecule has 2 saturated carbocycles. The van der Waals surface area contributed by atoms with Gasteiger partial charge in [-0.25, -0.2) is 0 Å². The Bertz CT molecular complexity index is 387. The van der Waals surface area contributed by atoms with Gasteiger partial charge in [0.2, 0.25) is 5.91 Å². The molecule has 5 heteroatoms. The normalized spacial score (nSPS) is 38.5. The Labute approximate surface area is 139 Å². The van der Waals surface area contributed by atoms with Gasteiger partial charge < -0.3 is 20.3 Å². The SMILES string of the molecule is CC1CCC(C(C)C)C(OCC(=O)NC2CC[C@@H](O)[C@@H](O)C2)C1. The standard InChI is InChI=1S/C18H33NO4/c1-11(2)14-6-4-12(3)8-17(14)23-10-18(22)19-13-5-7-15(20)16(21)9-13/h11-17,20-21H,4-10H2,1-3H3,(H,19,22)/t12?,13?,14?,15-,16+,17?/m1/s1. The highest BCUT2D eigenvalue weighted by Gasteiger charge is 2.32. The van der Waals surface area contributed by atoms with Crippen LogP contribution in [-0.2, 0) is 9.53 Å². The Balaban J connectivity index is 1.76. The number of aliphatic hydroxyl groups excluding tert-OH is 2. The molecule has 0 spiro atoms. The van der Waals surface area contributed by atoms with Crippen molar-refractivity contribution in [2.24, 2.45) is 17.8 Å². The molecule has 2 rings (SSSR count). The summed E-state index contributed by atoms with van der Waals surface area (Å²) < 4.78 is 5.95. The van der Waals surface area contributed by atoms with Gasteiger partial charge in [0, 0.05) is 6.04 Å². The summed E-state index contributed by atoms with van der Waals surface area (Å²) in [6, 6.07) is -0.0596. The van der Waals surface area contributed by atoms with Crippen LogP contribution in [0.15, 0.2) is 0 Å². The summed E-state index contributed by atoms with van der Waals surface area (Å²) in [6.45, 7) is 6.80. The topological polar surface area (TPSA) is 78.8 Å². The highest BCUT2D eigenvalue weighted by atomic mass is 16.5. The zero-order chi connectivity index (χ0) is 17.0. The van der Waals surface area contributed by atoms with Crippen molar-refractivity contribution in [1.29, 1.82) is 0 Å². The number of rotatable bonds is 5. The molecule has 2 fully saturated rings. The molecule has 0 aliphatic heterocycles. The zero-order valence-electron chi connectivity index (χ0n) is 14.7. The fourth-order valence-electron chi connectivity index (χ4n) is 4.02. The van der Waals surface area contributed by atoms with Crippen molar-refractivity contribution in [3.05, 3.63) is 0 Å². The Morgan fingerprint density at radius 3 is 2.52 bits per heavy atom. The molecule has 0 saturated heterocycles. The minimum atomic E-state index is -0.737. The Kier molecular flexibility index (Phi) is 6.86. The highest BCUT2D eigenvalue weighted by Crippen LogP contribution is 2.35. The third-order valence-corrected chi connectivity index (χ3v) is 5.54. The summed E-state index contributed by atoms with van der Waals surface area (Å²) in [4.78, 5) is 12.1. The van der Waals surface area contributed by atoms with E-state index in [1.54, 1.807) is 0 Å². The first kappa shape index (κ1) is 18.7. The van der Waals surface area contributed by atoms with Gasteiger partial charge in [-0.1, -0.05) is 27.2 Å². The molecule has 3 N–H and O–H groups in total. The van der Waals surface area contributed by atoms with E-state index in [1.165, 1.54) is 12.8 Å². The minimum absolute atomic E-state index is 0.0596. The zero-order valence-corrected chi connectivity index (χ0v) is 14.7. The van der Waals surface area contributed by atoms with Gasteiger partial charge in [0.25, 0.3) is 0 Å². The van der Waals surface area contributed by atoms with Crippen LogP contribution >= 0.6 is 0 Å². The maximum Gasteiger partial charge on any atom is 0.246 e. The second-order valence-electron chi connectivity index (χ2n) is 7.89. The van der Waals surface area contributed by atoms with Crippen LogP contribution in [0.25, 0.3) is 0 Å². The lowest BCUT2D eigenvalue weighted by Gasteiger charge is -2.37. The number of aliphatic hydroxyl groups is 2. The summed E-state index contributed by atoms with van der Waals surface area (Å²) in [6.07, 6.45) is 3.89. The van der Waals surface area contributed by atoms with Crippen LogP contribution in [0.5, 0.6) is 0 Å². The average Bonchev–Trinajstić information content (AvgIpc) is 2.48. The van der Waals surface area contributed by atoms with Crippen molar-refractivity contribution in [2.45, 2.75) is 83.6 Å². The van der Waals surface area contributed by atoms with Gasteiger partial charge in [-0.15, -0.1) is 0 Å². The molecule has 4 unspecified atom stereocenters. The smallest absolute Gasteiger partial charge is 0.246 e. The molecule has 0 aromatic heterocycles. The number of hydrogen-bond acceptors (Lipinski definition) is 4. The van der Waals surface area contributed by atoms with Gasteiger partial charge in [0.05, 0.1) is 18.3 Å². The summed E-state index contributed by atoms with van der Waals surface area (Å²) >= 11 is 0. The van der Waals surface area contributed by atoms with E-state index in [4.69, 9.17) is 4.74 Å². The molecule has 134 valence electrons. The summed E-state index contributed by atoms with van der Waals surface area (Å²) in [7, 11) is 0. The van der Waals surface area contributed by atoms with Crippen LogP contribution in [-0.4, -0.2) is 47.1 Å². The number of carbonyl (C=O) groups excluding carboxylic acids is 1. The first-order valence-electron chi connectivity index (χ1n) is 9.14. The molecular formula is C18H33NO4. The Morgan fingerprint density at radius 1 is 1.13 bits per heavy atom. The van der Waals surface area contributed by atoms with Crippen LogP contribution in [0.2, 0.25) is 0 Å². The monoisotopic (exact) mass is 327 g/mol. The third-order valence-electron chi connectivity index (χ3n) is 5.54. The molecule has 0 aromatic carbocycles. The van der Waals surface area contributed by atoms with Crippen LogP contribution < -0.4 is 5.32 Å². The van der Waals surface area contributed by atoms with Gasteiger partial charge in [0.1, 0.15) is 6.61 Å². The molecule has 0 bridgehead atoms. The molecule has 6 atom stereocenters. The van der Waals surface area contributed by atoms with Gasteiger partial charge in [-0.2, -0.15) is 0 Å². The van der Waals surface area contributed by atoms with Crippen molar-refractivity contribution < 1.29 is 19.7 Å². The lowest BCUT2D eigenvalue weighted by Crippen LogP contribution is -2.46. The summed E-state index contributed by atoms with van der Waals surface area (Å²) in [5, 5.41) is 22.1. The molecule has 0 heterocycles. The van der Waals surface area contributed by atoms with E-state index in [0.717, 1.165) is 6.42 Å². The van der Waals surface area contributed by atoms with Crippen molar-refractivity contribution >= 4 is 5.91 Å². The van der Waals surface area contributed by atoms with Crippen LogP contribution in [0.1, 0.15) is 59.3 Å². The quantitative estimate of drug-likeness (QED) is 0.720. The van der Waals surface area contributed by atoms with Gasteiger partial charge in [0.15, 0.2) is 0 Å². The lowest BCUT2D eigenvalue weighted by molar-refractivity contribution is -0.133. The van der Waals surface area contributed by atoms with Crippen molar-refractivity contribution in [1.82, 2.24) is 5.32 Å². The van der Waals surface area contributed by atoms with Crippen LogP contribution in [0.4, 0.5) is 0 Å². The van der Waals surface area contributed by atoms with Gasteiger partial charge in [-0.3, -0.25) is 4.79 Å². The number of carbonyl (C=O) groups is 1. The van der Waals surface area contributed by atoms with E-state index in [-0.39, 0.29) is 24.7 Å². The number of hydrogen-bond donors (Lipinski definition) is 3. The predicted octanol–water partition coefficient (Wildman–Crippen LogP) is 1.85. The lowest BCUT2D eigenvalue weighted by atomic mass is 9.75. The van der Waals surface area contributed by atoms with Crippen molar-refractivity contribution in [3.63, 3.8) is 0 Å². The largest absolute Gasteiger partial charge is 0.390 e. The maximum atomic E-state index is 12.1. The van der Waals surface area contributed by atoms with E-state index in [9.17, 15) is 15.0 Å². The van der Waals surface area contributed by atoms with Crippen molar-refractivity contribution in [3.8, 4) is 0 Å². The minimum Gasteiger partial charge on any atom is -0.390 e. The number of amides is 1. The third kappa shape index (κ3) is 5.44. The van der Waals surface area contributed by atoms with Crippen molar-refractivity contribution in [2.75, 3.05) is 6.61 Å².